The third-order valence-electron chi connectivity index (χ3n) is 10.1. The number of nitrogens with one attached hydrogen (secondary N) is 2. The summed E-state index contributed by atoms with van der Waals surface area (Å²) in [5.41, 5.74) is 1.30. The van der Waals surface area contributed by atoms with Gasteiger partial charge in [0, 0.05) is 93.0 Å². The first kappa shape index (κ1) is 34.9. The Kier molecular flexibility index (Phi) is 9.76. The summed E-state index contributed by atoms with van der Waals surface area (Å²) in [7, 11) is -4.34. The van der Waals surface area contributed by atoms with Crippen LogP contribution in [0.2, 0.25) is 0 Å². The Labute approximate surface area is 293 Å². The average Bonchev–Trinajstić information content (AvgIpc) is 3.76. The van der Waals surface area contributed by atoms with E-state index in [4.69, 9.17) is 5.11 Å². The molecule has 1 atom stereocenters. The number of ketones is 1. The Morgan fingerprint density at radius 1 is 0.941 bits per heavy atom. The number of halogens is 3. The SMILES string of the molecule is O=C(O)CN1CCC(N2CCN(c3ccc(-c4cnc5[nH]cc(C(=O)c6c(F)ccc(NS(=O)(=O)N7CC[C@@H](F)C7)c6F)c5c4)cc3)CC2)CC1. The number of piperidine rings is 1. The molecule has 270 valence electrons. The van der Waals surface area contributed by atoms with Gasteiger partial charge >= 0.3 is 16.2 Å². The Balaban J connectivity index is 1.04. The molecular formula is C35H38F3N7O5S. The third-order valence-corrected chi connectivity index (χ3v) is 11.6. The first-order chi connectivity index (χ1) is 24.5. The predicted molar refractivity (Wildman–Crippen MR) is 186 cm³/mol. The molecule has 2 aromatic carbocycles. The molecule has 0 spiro atoms. The highest BCUT2D eigenvalue weighted by atomic mass is 32.2. The fourth-order valence-electron chi connectivity index (χ4n) is 7.28. The number of likely N-dealkylation sites (tertiary alicyclic amines) is 1. The summed E-state index contributed by atoms with van der Waals surface area (Å²) in [5, 5.41) is 9.40. The number of nitrogens with zero attached hydrogens (tertiary/aromatic N) is 5. The van der Waals surface area contributed by atoms with Crippen LogP contribution in [0.1, 0.15) is 35.2 Å². The summed E-state index contributed by atoms with van der Waals surface area (Å²) in [6.45, 7) is 4.79. The van der Waals surface area contributed by atoms with Crippen molar-refractivity contribution in [2.75, 3.05) is 68.5 Å². The fourth-order valence-corrected chi connectivity index (χ4v) is 8.54. The molecule has 2 aromatic heterocycles. The van der Waals surface area contributed by atoms with Crippen LogP contribution in [0.4, 0.5) is 24.5 Å². The number of carboxylic acids is 1. The number of carbonyl (C=O) groups is 2. The summed E-state index contributed by atoms with van der Waals surface area (Å²) in [5.74, 6) is -4.33. The number of aromatic amines is 1. The van der Waals surface area contributed by atoms with Crippen LogP contribution in [-0.2, 0) is 15.0 Å². The molecule has 0 amide bonds. The van der Waals surface area contributed by atoms with Crippen molar-refractivity contribution in [3.63, 3.8) is 0 Å². The molecule has 0 bridgehead atoms. The van der Waals surface area contributed by atoms with E-state index in [1.54, 1.807) is 12.3 Å². The second-order valence-corrected chi connectivity index (χ2v) is 14.9. The molecule has 5 heterocycles. The van der Waals surface area contributed by atoms with Crippen LogP contribution < -0.4 is 9.62 Å². The number of benzene rings is 2. The van der Waals surface area contributed by atoms with E-state index in [0.29, 0.717) is 22.6 Å². The lowest BCUT2D eigenvalue weighted by Crippen LogP contribution is -2.53. The number of piperazine rings is 1. The highest BCUT2D eigenvalue weighted by molar-refractivity contribution is 7.90. The van der Waals surface area contributed by atoms with Crippen molar-refractivity contribution >= 4 is 44.4 Å². The molecule has 3 saturated heterocycles. The van der Waals surface area contributed by atoms with E-state index in [1.807, 2.05) is 33.9 Å². The van der Waals surface area contributed by atoms with E-state index in [2.05, 4.69) is 19.8 Å². The molecule has 51 heavy (non-hydrogen) atoms. The number of aliphatic carboxylic acids is 1. The normalized spacial score (nSPS) is 19.9. The second kappa shape index (κ2) is 14.3. The van der Waals surface area contributed by atoms with Crippen molar-refractivity contribution in [3.05, 3.63) is 77.6 Å². The molecular weight excluding hydrogens is 687 g/mol. The average molecular weight is 726 g/mol. The van der Waals surface area contributed by atoms with E-state index in [-0.39, 0.29) is 31.6 Å². The highest BCUT2D eigenvalue weighted by Gasteiger charge is 2.33. The maximum absolute atomic E-state index is 15.6. The Hall–Kier alpha value is -4.51. The number of alkyl halides is 1. The molecule has 3 aliphatic rings. The smallest absolute Gasteiger partial charge is 0.317 e. The number of H-pyrrole nitrogens is 1. The number of pyridine rings is 1. The number of hydrogen-bond donors (Lipinski definition) is 3. The van der Waals surface area contributed by atoms with Crippen LogP contribution in [0.3, 0.4) is 0 Å². The van der Waals surface area contributed by atoms with Gasteiger partial charge in [-0.05, 0) is 55.2 Å². The van der Waals surface area contributed by atoms with Crippen molar-refractivity contribution in [2.45, 2.75) is 31.5 Å². The first-order valence-corrected chi connectivity index (χ1v) is 18.4. The van der Waals surface area contributed by atoms with Gasteiger partial charge in [-0.3, -0.25) is 24.1 Å². The van der Waals surface area contributed by atoms with Gasteiger partial charge in [-0.15, -0.1) is 0 Å². The minimum absolute atomic E-state index is 0.00896. The first-order valence-electron chi connectivity index (χ1n) is 16.9. The number of carbonyl (C=O) groups excluding carboxylic acids is 1. The van der Waals surface area contributed by atoms with Crippen LogP contribution in [0.5, 0.6) is 0 Å². The zero-order chi connectivity index (χ0) is 35.9. The van der Waals surface area contributed by atoms with E-state index in [1.165, 1.54) is 6.20 Å². The van der Waals surface area contributed by atoms with Gasteiger partial charge < -0.3 is 15.0 Å². The predicted octanol–water partition coefficient (Wildman–Crippen LogP) is 4.11. The van der Waals surface area contributed by atoms with E-state index >= 15 is 8.78 Å². The monoisotopic (exact) mass is 725 g/mol. The maximum atomic E-state index is 15.6. The van der Waals surface area contributed by atoms with E-state index in [9.17, 15) is 22.4 Å². The molecule has 7 rings (SSSR count). The lowest BCUT2D eigenvalue weighted by atomic mass is 9.99. The molecule has 12 nitrogen and oxygen atoms in total. The summed E-state index contributed by atoms with van der Waals surface area (Å²) < 4.78 is 72.6. The van der Waals surface area contributed by atoms with Crippen LogP contribution in [0.25, 0.3) is 22.2 Å². The van der Waals surface area contributed by atoms with E-state index < -0.39 is 51.0 Å². The molecule has 0 aliphatic carbocycles. The fraction of sp³-hybridized carbons (Fsp3) is 0.400. The van der Waals surface area contributed by atoms with Crippen LogP contribution >= 0.6 is 0 Å². The van der Waals surface area contributed by atoms with Crippen molar-refractivity contribution in [1.82, 2.24) is 24.1 Å². The summed E-state index contributed by atoms with van der Waals surface area (Å²) >= 11 is 0. The number of anilines is 2. The second-order valence-electron chi connectivity index (χ2n) is 13.3. The van der Waals surface area contributed by atoms with Gasteiger partial charge in [-0.2, -0.15) is 12.7 Å². The lowest BCUT2D eigenvalue weighted by molar-refractivity contribution is -0.138. The number of hydrogen-bond acceptors (Lipinski definition) is 8. The van der Waals surface area contributed by atoms with Gasteiger partial charge in [-0.1, -0.05) is 12.1 Å². The molecule has 3 fully saturated rings. The van der Waals surface area contributed by atoms with Crippen molar-refractivity contribution in [3.8, 4) is 11.1 Å². The minimum atomic E-state index is -4.34. The van der Waals surface area contributed by atoms with Gasteiger partial charge in [0.15, 0.2) is 5.82 Å². The van der Waals surface area contributed by atoms with Gasteiger partial charge in [0.2, 0.25) is 5.78 Å². The van der Waals surface area contributed by atoms with Gasteiger partial charge in [0.05, 0.1) is 17.8 Å². The molecule has 3 N–H and O–H groups in total. The minimum Gasteiger partial charge on any atom is -0.480 e. The maximum Gasteiger partial charge on any atom is 0.317 e. The molecule has 3 aliphatic heterocycles. The summed E-state index contributed by atoms with van der Waals surface area (Å²) in [4.78, 5) is 38.8. The Morgan fingerprint density at radius 3 is 2.33 bits per heavy atom. The zero-order valence-electron chi connectivity index (χ0n) is 27.7. The van der Waals surface area contributed by atoms with Crippen LogP contribution in [-0.4, -0.2) is 120 Å². The standard InChI is InChI=1S/C35H38F3N7O5S/c36-24-7-12-45(20-24)51(49,50)41-30-6-5-29(37)32(33(30)38)34(48)28-19-40-35-27(28)17-23(18-39-35)22-1-3-25(4-2-22)43-13-15-44(16-14-43)26-8-10-42(11-9-26)21-31(46)47/h1-6,17-19,24,26,41H,7-16,20-21H2,(H,39,40)(H,46,47)/t24-/m1/s1. The Bertz CT molecular complexity index is 2050. The number of rotatable bonds is 10. The van der Waals surface area contributed by atoms with Crippen LogP contribution in [0.15, 0.2) is 54.9 Å². The highest BCUT2D eigenvalue weighted by Crippen LogP contribution is 2.31. The van der Waals surface area contributed by atoms with Crippen molar-refractivity contribution in [1.29, 1.82) is 0 Å². The molecule has 0 saturated carbocycles. The number of aromatic nitrogens is 2. The quantitative estimate of drug-likeness (QED) is 0.206. The van der Waals surface area contributed by atoms with Gasteiger partial charge in [0.25, 0.3) is 0 Å². The Morgan fingerprint density at radius 2 is 1.67 bits per heavy atom. The zero-order valence-corrected chi connectivity index (χ0v) is 28.5. The molecule has 4 aromatic rings. The summed E-state index contributed by atoms with van der Waals surface area (Å²) in [6, 6.07) is 11.8. The molecule has 0 radical (unpaired) electrons. The summed E-state index contributed by atoms with van der Waals surface area (Å²) in [6.07, 6.45) is 3.55. The van der Waals surface area contributed by atoms with Crippen LogP contribution in [0, 0.1) is 11.6 Å². The molecule has 16 heteroatoms. The molecule has 0 unspecified atom stereocenters. The lowest BCUT2D eigenvalue weighted by Gasteiger charge is -2.43. The third kappa shape index (κ3) is 7.31. The van der Waals surface area contributed by atoms with E-state index in [0.717, 1.165) is 79.8 Å². The van der Waals surface area contributed by atoms with Crippen molar-refractivity contribution in [2.24, 2.45) is 0 Å². The van der Waals surface area contributed by atoms with Crippen molar-refractivity contribution < 1.29 is 36.3 Å². The number of fused-ring (bicyclic) bond motifs is 1. The van der Waals surface area contributed by atoms with Gasteiger partial charge in [0.1, 0.15) is 17.6 Å². The van der Waals surface area contributed by atoms with Gasteiger partial charge in [-0.25, -0.2) is 18.2 Å². The largest absolute Gasteiger partial charge is 0.480 e. The topological polar surface area (TPSA) is 142 Å². The number of carboxylic acid groups (broad SMARTS) is 1.